The summed E-state index contributed by atoms with van der Waals surface area (Å²) in [6, 6.07) is 2.08. The Morgan fingerprint density at radius 2 is 2.06 bits per heavy atom. The highest BCUT2D eigenvalue weighted by molar-refractivity contribution is 5.15. The second-order valence-electron chi connectivity index (χ2n) is 4.56. The first-order valence-corrected chi connectivity index (χ1v) is 5.81. The number of hydrogen-bond acceptors (Lipinski definition) is 2. The third kappa shape index (κ3) is 4.70. The van der Waals surface area contributed by atoms with E-state index >= 15 is 0 Å². The van der Waals surface area contributed by atoms with Crippen molar-refractivity contribution >= 4 is 0 Å². The number of nitrogens with zero attached hydrogens (tertiary/aromatic N) is 1. The van der Waals surface area contributed by atoms with E-state index in [1.165, 1.54) is 0 Å². The van der Waals surface area contributed by atoms with E-state index in [-0.39, 0.29) is 12.8 Å². The quantitative estimate of drug-likeness (QED) is 0.855. The molecule has 0 aromatic carbocycles. The number of nitrogens with one attached hydrogen (secondary N) is 1. The van der Waals surface area contributed by atoms with Gasteiger partial charge in [0.1, 0.15) is 13.3 Å². The lowest BCUT2D eigenvalue weighted by molar-refractivity contribution is -0.181. The number of ether oxygens (including phenoxy) is 1. The monoisotopic (exact) mass is 264 g/mol. The topological polar surface area (TPSA) is 26.2 Å². The molecule has 104 valence electrons. The summed E-state index contributed by atoms with van der Waals surface area (Å²) in [4.78, 5) is 0. The lowest BCUT2D eigenvalue weighted by Gasteiger charge is -2.18. The number of rotatable bonds is 6. The van der Waals surface area contributed by atoms with Crippen molar-refractivity contribution in [1.82, 2.24) is 9.88 Å². The van der Waals surface area contributed by atoms with E-state index in [9.17, 15) is 13.2 Å². The molecule has 0 saturated carbocycles. The molecular formula is C12H19F3N2O. The van der Waals surface area contributed by atoms with Gasteiger partial charge in [0.05, 0.1) is 0 Å². The average Bonchev–Trinajstić information content (AvgIpc) is 2.65. The molecule has 3 nitrogen and oxygen atoms in total. The molecule has 1 N–H and O–H groups in total. The third-order valence-electron chi connectivity index (χ3n) is 2.62. The lowest BCUT2D eigenvalue weighted by Crippen LogP contribution is -2.21. The maximum absolute atomic E-state index is 11.9. The van der Waals surface area contributed by atoms with E-state index in [1.54, 1.807) is 17.0 Å². The fourth-order valence-electron chi connectivity index (χ4n) is 1.88. The number of hydrogen-bond donors (Lipinski definition) is 1. The van der Waals surface area contributed by atoms with Crippen molar-refractivity contribution < 1.29 is 17.9 Å². The normalized spacial score (nSPS) is 14.2. The van der Waals surface area contributed by atoms with Crippen LogP contribution in [0.15, 0.2) is 18.5 Å². The van der Waals surface area contributed by atoms with Crippen molar-refractivity contribution in [3.05, 3.63) is 24.0 Å². The number of aromatic nitrogens is 1. The van der Waals surface area contributed by atoms with Crippen molar-refractivity contribution in [1.29, 1.82) is 0 Å². The molecule has 0 aliphatic carbocycles. The van der Waals surface area contributed by atoms with Crippen LogP contribution in [-0.2, 0) is 11.5 Å². The molecule has 6 heteroatoms. The van der Waals surface area contributed by atoms with Crippen LogP contribution in [0, 0.1) is 5.92 Å². The fraction of sp³-hybridized carbons (Fsp3) is 0.667. The van der Waals surface area contributed by atoms with Crippen LogP contribution in [0.1, 0.15) is 25.5 Å². The third-order valence-corrected chi connectivity index (χ3v) is 2.62. The van der Waals surface area contributed by atoms with Crippen molar-refractivity contribution in [2.45, 2.75) is 32.8 Å². The predicted octanol–water partition coefficient (Wildman–Crippen LogP) is 2.94. The molecule has 1 rings (SSSR count). The van der Waals surface area contributed by atoms with Crippen LogP contribution in [-0.4, -0.2) is 24.4 Å². The van der Waals surface area contributed by atoms with E-state index in [0.717, 1.165) is 5.56 Å². The van der Waals surface area contributed by atoms with Crippen molar-refractivity contribution in [3.8, 4) is 0 Å². The molecular weight excluding hydrogens is 245 g/mol. The van der Waals surface area contributed by atoms with Crippen LogP contribution in [0.3, 0.4) is 0 Å². The molecule has 0 fully saturated rings. The summed E-state index contributed by atoms with van der Waals surface area (Å²) in [6.07, 6.45) is -0.753. The van der Waals surface area contributed by atoms with Gasteiger partial charge < -0.3 is 14.6 Å². The first kappa shape index (κ1) is 15.0. The van der Waals surface area contributed by atoms with Crippen molar-refractivity contribution in [3.63, 3.8) is 0 Å². The maximum atomic E-state index is 11.9. The maximum Gasteiger partial charge on any atom is 0.411 e. The molecule has 0 spiro atoms. The first-order chi connectivity index (χ1) is 8.33. The Labute approximate surface area is 105 Å². The zero-order valence-electron chi connectivity index (χ0n) is 10.8. The number of alkyl halides is 3. The van der Waals surface area contributed by atoms with Crippen LogP contribution >= 0.6 is 0 Å². The first-order valence-electron chi connectivity index (χ1n) is 5.81. The van der Waals surface area contributed by atoms with Gasteiger partial charge in [0.2, 0.25) is 0 Å². The second-order valence-corrected chi connectivity index (χ2v) is 4.56. The van der Waals surface area contributed by atoms with Gasteiger partial charge in [-0.25, -0.2) is 0 Å². The Balaban J connectivity index is 2.53. The summed E-state index contributed by atoms with van der Waals surface area (Å²) < 4.78 is 41.9. The summed E-state index contributed by atoms with van der Waals surface area (Å²) in [5, 5.41) is 3.18. The summed E-state index contributed by atoms with van der Waals surface area (Å²) in [6.45, 7) is 2.85. The number of halogens is 3. The SMILES string of the molecule is CNC(c1ccn(COCC(F)(F)F)c1)C(C)C. The minimum absolute atomic E-state index is 0.0892. The lowest BCUT2D eigenvalue weighted by atomic mass is 9.99. The van der Waals surface area contributed by atoms with Gasteiger partial charge in [0.15, 0.2) is 0 Å². The van der Waals surface area contributed by atoms with Gasteiger partial charge in [-0.1, -0.05) is 13.8 Å². The van der Waals surface area contributed by atoms with Gasteiger partial charge in [-0.05, 0) is 24.6 Å². The summed E-state index contributed by atoms with van der Waals surface area (Å²) in [7, 11) is 1.86. The van der Waals surface area contributed by atoms with Crippen LogP contribution in [0.25, 0.3) is 0 Å². The smallest absolute Gasteiger partial charge is 0.351 e. The van der Waals surface area contributed by atoms with Gasteiger partial charge in [-0.2, -0.15) is 13.2 Å². The van der Waals surface area contributed by atoms with Crippen molar-refractivity contribution in [2.75, 3.05) is 13.7 Å². The zero-order valence-corrected chi connectivity index (χ0v) is 10.8. The van der Waals surface area contributed by atoms with Gasteiger partial charge in [-0.3, -0.25) is 0 Å². The van der Waals surface area contributed by atoms with Crippen LogP contribution in [0.2, 0.25) is 0 Å². The molecule has 0 radical (unpaired) electrons. The summed E-state index contributed by atoms with van der Waals surface area (Å²) in [5.74, 6) is 0.405. The minimum Gasteiger partial charge on any atom is -0.351 e. The van der Waals surface area contributed by atoms with Crippen LogP contribution in [0.5, 0.6) is 0 Å². The van der Waals surface area contributed by atoms with Crippen LogP contribution in [0.4, 0.5) is 13.2 Å². The van der Waals surface area contributed by atoms with Gasteiger partial charge in [-0.15, -0.1) is 0 Å². The van der Waals surface area contributed by atoms with E-state index in [1.807, 2.05) is 13.1 Å². The van der Waals surface area contributed by atoms with E-state index in [4.69, 9.17) is 0 Å². The minimum atomic E-state index is -4.28. The van der Waals surface area contributed by atoms with E-state index in [2.05, 4.69) is 23.9 Å². The highest BCUT2D eigenvalue weighted by Crippen LogP contribution is 2.21. The standard InChI is InChI=1S/C12H19F3N2O/c1-9(2)11(16-3)10-4-5-17(6-10)8-18-7-12(13,14)15/h4-6,9,11,16H,7-8H2,1-3H3. The molecule has 1 aromatic rings. The molecule has 0 amide bonds. The fourth-order valence-corrected chi connectivity index (χ4v) is 1.88. The highest BCUT2D eigenvalue weighted by atomic mass is 19.4. The summed E-state index contributed by atoms with van der Waals surface area (Å²) >= 11 is 0. The van der Waals surface area contributed by atoms with Gasteiger partial charge >= 0.3 is 6.18 Å². The highest BCUT2D eigenvalue weighted by Gasteiger charge is 2.27. The Hall–Kier alpha value is -1.01. The van der Waals surface area contributed by atoms with Gasteiger partial charge in [0, 0.05) is 18.4 Å². The van der Waals surface area contributed by atoms with Crippen LogP contribution < -0.4 is 5.32 Å². The molecule has 0 bridgehead atoms. The predicted molar refractivity (Wildman–Crippen MR) is 63.1 cm³/mol. The summed E-state index contributed by atoms with van der Waals surface area (Å²) in [5.41, 5.74) is 1.04. The Bertz CT molecular complexity index is 360. The molecule has 0 saturated heterocycles. The Morgan fingerprint density at radius 3 is 2.56 bits per heavy atom. The van der Waals surface area contributed by atoms with E-state index < -0.39 is 12.8 Å². The molecule has 1 aromatic heterocycles. The molecule has 1 unspecified atom stereocenters. The van der Waals surface area contributed by atoms with Crippen molar-refractivity contribution in [2.24, 2.45) is 5.92 Å². The molecule has 0 aliphatic rings. The molecule has 18 heavy (non-hydrogen) atoms. The molecule has 1 heterocycles. The second kappa shape index (κ2) is 6.24. The Morgan fingerprint density at radius 1 is 1.39 bits per heavy atom. The Kier molecular flexibility index (Phi) is 5.22. The average molecular weight is 264 g/mol. The molecule has 0 aliphatic heterocycles. The largest absolute Gasteiger partial charge is 0.411 e. The van der Waals surface area contributed by atoms with E-state index in [0.29, 0.717) is 5.92 Å². The molecule has 1 atom stereocenters. The van der Waals surface area contributed by atoms with Gasteiger partial charge in [0.25, 0.3) is 0 Å². The zero-order chi connectivity index (χ0) is 13.8.